The number of ether oxygens (including phenoxy) is 1. The Morgan fingerprint density at radius 3 is 2.42 bits per heavy atom. The zero-order valence-electron chi connectivity index (χ0n) is 20.1. The van der Waals surface area contributed by atoms with Crippen LogP contribution in [0.25, 0.3) is 10.4 Å². The minimum Gasteiger partial charge on any atom is -0.380 e. The Morgan fingerprint density at radius 2 is 1.91 bits per heavy atom. The fourth-order valence-electron chi connectivity index (χ4n) is 3.90. The summed E-state index contributed by atoms with van der Waals surface area (Å²) in [6.45, 7) is 10.1. The molecule has 1 unspecified atom stereocenters. The highest BCUT2D eigenvalue weighted by atomic mass is 35.5. The van der Waals surface area contributed by atoms with Crippen molar-refractivity contribution in [3.63, 3.8) is 0 Å². The molecule has 2 aromatic rings. The number of aryl methyl sites for hydroxylation is 1. The zero-order chi connectivity index (χ0) is 23.6. The minimum absolute atomic E-state index is 0. The molecule has 2 amide bonds. The lowest BCUT2D eigenvalue weighted by Gasteiger charge is -2.32. The summed E-state index contributed by atoms with van der Waals surface area (Å²) in [5.41, 5.74) is 10.8. The maximum atomic E-state index is 13.2. The van der Waals surface area contributed by atoms with Gasteiger partial charge >= 0.3 is 0 Å². The SMILES string of the molecule is CO[C@@H]1C[C@@H](C(=O)N[C@@H](C)c2ccc(-c3scnc3C)cc2)N(C(=O)C(N)C(C)(C)C)C1.Cl. The summed E-state index contributed by atoms with van der Waals surface area (Å²) in [7, 11) is 1.60. The molecule has 1 saturated heterocycles. The van der Waals surface area contributed by atoms with Crippen molar-refractivity contribution in [1.29, 1.82) is 0 Å². The van der Waals surface area contributed by atoms with Gasteiger partial charge in [-0.3, -0.25) is 9.59 Å². The number of likely N-dealkylation sites (tertiary alicyclic amines) is 1. The van der Waals surface area contributed by atoms with Crippen molar-refractivity contribution in [3.8, 4) is 10.4 Å². The summed E-state index contributed by atoms with van der Waals surface area (Å²) in [5, 5.41) is 3.07. The molecular weight excluding hydrogens is 460 g/mol. The van der Waals surface area contributed by atoms with Gasteiger partial charge in [-0.25, -0.2) is 4.98 Å². The lowest BCUT2D eigenvalue weighted by molar-refractivity contribution is -0.141. The van der Waals surface area contributed by atoms with Crippen LogP contribution in [0.4, 0.5) is 0 Å². The van der Waals surface area contributed by atoms with E-state index in [0.29, 0.717) is 13.0 Å². The zero-order valence-corrected chi connectivity index (χ0v) is 21.8. The van der Waals surface area contributed by atoms with Gasteiger partial charge in [0.15, 0.2) is 0 Å². The molecule has 2 heterocycles. The number of thiazole rings is 1. The predicted molar refractivity (Wildman–Crippen MR) is 134 cm³/mol. The number of carbonyl (C=O) groups is 2. The Bertz CT molecular complexity index is 957. The molecule has 1 aliphatic rings. The maximum Gasteiger partial charge on any atom is 0.243 e. The van der Waals surface area contributed by atoms with Crippen LogP contribution < -0.4 is 11.1 Å². The van der Waals surface area contributed by atoms with Crippen LogP contribution in [0.2, 0.25) is 0 Å². The van der Waals surface area contributed by atoms with E-state index in [1.165, 1.54) is 0 Å². The number of nitrogens with two attached hydrogens (primary N) is 1. The molecule has 182 valence electrons. The van der Waals surface area contributed by atoms with Gasteiger partial charge in [-0.2, -0.15) is 0 Å². The first-order chi connectivity index (χ1) is 15.0. The number of aromatic nitrogens is 1. The predicted octanol–water partition coefficient (Wildman–Crippen LogP) is 3.71. The second-order valence-corrected chi connectivity index (χ2v) is 10.4. The molecule has 7 nitrogen and oxygen atoms in total. The number of methoxy groups -OCH3 is 1. The van der Waals surface area contributed by atoms with Gasteiger partial charge in [-0.15, -0.1) is 23.7 Å². The van der Waals surface area contributed by atoms with Gasteiger partial charge in [0.1, 0.15) is 6.04 Å². The normalized spacial score (nSPS) is 20.2. The van der Waals surface area contributed by atoms with E-state index in [1.807, 2.05) is 64.4 Å². The molecule has 0 aliphatic carbocycles. The van der Waals surface area contributed by atoms with Crippen LogP contribution >= 0.6 is 23.7 Å². The van der Waals surface area contributed by atoms with Crippen molar-refractivity contribution >= 4 is 35.6 Å². The Labute approximate surface area is 206 Å². The average Bonchev–Trinajstić information content (AvgIpc) is 3.38. The second kappa shape index (κ2) is 11.0. The van der Waals surface area contributed by atoms with E-state index in [0.717, 1.165) is 21.7 Å². The summed E-state index contributed by atoms with van der Waals surface area (Å²) in [4.78, 5) is 33.3. The standard InChI is InChI=1S/C24H34N4O3S.ClH/c1-14(16-7-9-17(10-8-16)20-15(2)26-13-32-20)27-22(29)19-11-18(31-6)12-28(19)23(30)21(25)24(3,4)5;/h7-10,13-14,18-19,21H,11-12,25H2,1-6H3,(H,27,29);1H/t14-,18+,19-,21?;/m0./s1. The maximum absolute atomic E-state index is 13.2. The number of hydrogen-bond acceptors (Lipinski definition) is 6. The quantitative estimate of drug-likeness (QED) is 0.638. The fraction of sp³-hybridized carbons (Fsp3) is 0.542. The number of hydrogen-bond donors (Lipinski definition) is 2. The molecule has 3 N–H and O–H groups in total. The first-order valence-electron chi connectivity index (χ1n) is 10.9. The van der Waals surface area contributed by atoms with Gasteiger partial charge in [-0.05, 0) is 30.4 Å². The molecule has 9 heteroatoms. The van der Waals surface area contributed by atoms with Crippen LogP contribution in [0.1, 0.15) is 51.4 Å². The average molecular weight is 495 g/mol. The molecule has 1 aromatic heterocycles. The van der Waals surface area contributed by atoms with Gasteiger partial charge < -0.3 is 20.7 Å². The largest absolute Gasteiger partial charge is 0.380 e. The molecule has 3 rings (SSSR count). The van der Waals surface area contributed by atoms with Gasteiger partial charge in [0.05, 0.1) is 34.3 Å². The highest BCUT2D eigenvalue weighted by molar-refractivity contribution is 7.13. The lowest BCUT2D eigenvalue weighted by Crippen LogP contribution is -2.55. The molecule has 1 fully saturated rings. The summed E-state index contributed by atoms with van der Waals surface area (Å²) in [6.07, 6.45) is 0.278. The van der Waals surface area contributed by atoms with E-state index >= 15 is 0 Å². The molecule has 0 radical (unpaired) electrons. The van der Waals surface area contributed by atoms with Crippen LogP contribution in [0.3, 0.4) is 0 Å². The molecular formula is C24H35ClN4O3S. The van der Waals surface area contributed by atoms with Crippen molar-refractivity contribution in [1.82, 2.24) is 15.2 Å². The molecule has 0 spiro atoms. The van der Waals surface area contributed by atoms with Crippen molar-refractivity contribution in [3.05, 3.63) is 41.0 Å². The number of rotatable bonds is 6. The van der Waals surface area contributed by atoms with Crippen LogP contribution in [-0.4, -0.2) is 53.5 Å². The Hall–Kier alpha value is -2.00. The molecule has 33 heavy (non-hydrogen) atoms. The van der Waals surface area contributed by atoms with E-state index in [2.05, 4.69) is 10.3 Å². The first-order valence-corrected chi connectivity index (χ1v) is 11.8. The van der Waals surface area contributed by atoms with E-state index in [-0.39, 0.29) is 36.4 Å². The van der Waals surface area contributed by atoms with Crippen LogP contribution in [0.5, 0.6) is 0 Å². The molecule has 1 aromatic carbocycles. The number of benzene rings is 1. The molecule has 0 bridgehead atoms. The van der Waals surface area contributed by atoms with Gasteiger partial charge in [-0.1, -0.05) is 45.0 Å². The molecule has 0 saturated carbocycles. The van der Waals surface area contributed by atoms with Crippen LogP contribution in [0, 0.1) is 12.3 Å². The highest BCUT2D eigenvalue weighted by Crippen LogP contribution is 2.29. The fourth-order valence-corrected chi connectivity index (χ4v) is 4.72. The Kier molecular flexibility index (Phi) is 9.04. The second-order valence-electron chi connectivity index (χ2n) is 9.56. The van der Waals surface area contributed by atoms with Crippen LogP contribution in [0.15, 0.2) is 29.8 Å². The lowest BCUT2D eigenvalue weighted by atomic mass is 9.86. The number of carbonyl (C=O) groups excluding carboxylic acids is 2. The van der Waals surface area contributed by atoms with Crippen LogP contribution in [-0.2, 0) is 14.3 Å². The summed E-state index contributed by atoms with van der Waals surface area (Å²) >= 11 is 1.61. The van der Waals surface area contributed by atoms with E-state index in [9.17, 15) is 9.59 Å². The molecule has 1 aliphatic heterocycles. The van der Waals surface area contributed by atoms with Crippen molar-refractivity contribution in [2.24, 2.45) is 11.1 Å². The highest BCUT2D eigenvalue weighted by Gasteiger charge is 2.43. The smallest absolute Gasteiger partial charge is 0.243 e. The Morgan fingerprint density at radius 1 is 1.27 bits per heavy atom. The third-order valence-electron chi connectivity index (χ3n) is 6.16. The van der Waals surface area contributed by atoms with E-state index < -0.39 is 17.5 Å². The van der Waals surface area contributed by atoms with Crippen molar-refractivity contribution in [2.75, 3.05) is 13.7 Å². The number of halogens is 1. The summed E-state index contributed by atoms with van der Waals surface area (Å²) in [6, 6.07) is 6.65. The first kappa shape index (κ1) is 27.2. The number of nitrogens with one attached hydrogen (secondary N) is 1. The number of amides is 2. The third kappa shape index (κ3) is 6.12. The number of nitrogens with zero attached hydrogens (tertiary/aromatic N) is 2. The van der Waals surface area contributed by atoms with Gasteiger partial charge in [0.2, 0.25) is 11.8 Å². The molecule has 4 atom stereocenters. The summed E-state index contributed by atoms with van der Waals surface area (Å²) < 4.78 is 5.47. The van der Waals surface area contributed by atoms with Gasteiger partial charge in [0.25, 0.3) is 0 Å². The van der Waals surface area contributed by atoms with Gasteiger partial charge in [0, 0.05) is 20.1 Å². The summed E-state index contributed by atoms with van der Waals surface area (Å²) in [5.74, 6) is -0.400. The Balaban J connectivity index is 0.00000385. The minimum atomic E-state index is -0.687. The third-order valence-corrected chi connectivity index (χ3v) is 7.14. The monoisotopic (exact) mass is 494 g/mol. The van der Waals surface area contributed by atoms with E-state index in [4.69, 9.17) is 10.5 Å². The van der Waals surface area contributed by atoms with Crippen molar-refractivity contribution < 1.29 is 14.3 Å². The van der Waals surface area contributed by atoms with Crippen molar-refractivity contribution in [2.45, 2.75) is 65.3 Å². The van der Waals surface area contributed by atoms with E-state index in [1.54, 1.807) is 23.3 Å². The topological polar surface area (TPSA) is 97.5 Å².